The van der Waals surface area contributed by atoms with E-state index >= 15 is 0 Å². The van der Waals surface area contributed by atoms with Crippen molar-refractivity contribution in [2.75, 3.05) is 29.9 Å². The Morgan fingerprint density at radius 1 is 1.19 bits per heavy atom. The standard InChI is InChI=1S/C20H28ClN3O2/c1-14(22-20(26)15-6-4-3-5-7-15)12-19(25)24-11-10-23(2)17-9-8-16(21)13-18(17)24/h8-9,13-15H,3-7,10-12H2,1-2H3,(H,22,26). The fourth-order valence-corrected chi connectivity index (χ4v) is 4.10. The van der Waals surface area contributed by atoms with Crippen molar-refractivity contribution < 1.29 is 9.59 Å². The molecule has 1 aromatic rings. The normalized spacial score (nSPS) is 19.0. The number of nitrogens with one attached hydrogen (secondary N) is 1. The van der Waals surface area contributed by atoms with E-state index in [-0.39, 0.29) is 23.8 Å². The van der Waals surface area contributed by atoms with Crippen molar-refractivity contribution in [1.82, 2.24) is 5.32 Å². The molecular weight excluding hydrogens is 350 g/mol. The predicted octanol–water partition coefficient (Wildman–Crippen LogP) is 3.60. The first-order valence-electron chi connectivity index (χ1n) is 9.57. The highest BCUT2D eigenvalue weighted by molar-refractivity contribution is 6.31. The highest BCUT2D eigenvalue weighted by Crippen LogP contribution is 2.35. The molecule has 1 atom stereocenters. The summed E-state index contributed by atoms with van der Waals surface area (Å²) in [5.74, 6) is 0.245. The molecule has 0 aromatic heterocycles. The lowest BCUT2D eigenvalue weighted by Gasteiger charge is -2.36. The number of carbonyl (C=O) groups excluding carboxylic acids is 2. The zero-order valence-corrected chi connectivity index (χ0v) is 16.4. The second-order valence-corrected chi connectivity index (χ2v) is 7.99. The van der Waals surface area contributed by atoms with Crippen molar-refractivity contribution in [2.24, 2.45) is 5.92 Å². The van der Waals surface area contributed by atoms with Crippen LogP contribution in [0.3, 0.4) is 0 Å². The molecule has 1 unspecified atom stereocenters. The molecule has 142 valence electrons. The Hall–Kier alpha value is -1.75. The molecule has 2 aliphatic rings. The van der Waals surface area contributed by atoms with Crippen LogP contribution in [0.15, 0.2) is 18.2 Å². The summed E-state index contributed by atoms with van der Waals surface area (Å²) in [6.45, 7) is 3.32. The van der Waals surface area contributed by atoms with Crippen molar-refractivity contribution in [2.45, 2.75) is 51.5 Å². The van der Waals surface area contributed by atoms with E-state index in [1.54, 1.807) is 4.90 Å². The first-order chi connectivity index (χ1) is 12.5. The van der Waals surface area contributed by atoms with Gasteiger partial charge in [0.2, 0.25) is 11.8 Å². The molecule has 0 spiro atoms. The van der Waals surface area contributed by atoms with Crippen molar-refractivity contribution in [1.29, 1.82) is 0 Å². The van der Waals surface area contributed by atoms with Crippen LogP contribution in [0, 0.1) is 5.92 Å². The van der Waals surface area contributed by atoms with E-state index in [0.717, 1.165) is 43.6 Å². The number of rotatable bonds is 4. The fraction of sp³-hybridized carbons (Fsp3) is 0.600. The summed E-state index contributed by atoms with van der Waals surface area (Å²) in [6, 6.07) is 5.47. The summed E-state index contributed by atoms with van der Waals surface area (Å²) in [6.07, 6.45) is 5.72. The molecule has 1 fully saturated rings. The van der Waals surface area contributed by atoms with Crippen LogP contribution in [0.5, 0.6) is 0 Å². The number of anilines is 2. The van der Waals surface area contributed by atoms with E-state index < -0.39 is 0 Å². The van der Waals surface area contributed by atoms with Gasteiger partial charge in [-0.2, -0.15) is 0 Å². The summed E-state index contributed by atoms with van der Waals surface area (Å²) >= 11 is 6.14. The number of hydrogen-bond acceptors (Lipinski definition) is 3. The SMILES string of the molecule is CC(CC(=O)N1CCN(C)c2ccc(Cl)cc21)NC(=O)C1CCCCC1. The van der Waals surface area contributed by atoms with Crippen LogP contribution in [-0.4, -0.2) is 38.0 Å². The third-order valence-electron chi connectivity index (χ3n) is 5.45. The van der Waals surface area contributed by atoms with Crippen LogP contribution in [-0.2, 0) is 9.59 Å². The molecule has 1 heterocycles. The molecule has 26 heavy (non-hydrogen) atoms. The van der Waals surface area contributed by atoms with Gasteiger partial charge in [0.15, 0.2) is 0 Å². The smallest absolute Gasteiger partial charge is 0.229 e. The highest BCUT2D eigenvalue weighted by atomic mass is 35.5. The van der Waals surface area contributed by atoms with Crippen LogP contribution in [0.1, 0.15) is 45.4 Å². The van der Waals surface area contributed by atoms with Crippen LogP contribution < -0.4 is 15.1 Å². The van der Waals surface area contributed by atoms with Gasteiger partial charge in [0.05, 0.1) is 11.4 Å². The van der Waals surface area contributed by atoms with E-state index in [4.69, 9.17) is 11.6 Å². The second kappa shape index (κ2) is 8.30. The predicted molar refractivity (Wildman–Crippen MR) is 106 cm³/mol. The van der Waals surface area contributed by atoms with Crippen molar-refractivity contribution >= 4 is 34.8 Å². The Bertz CT molecular complexity index is 673. The zero-order valence-electron chi connectivity index (χ0n) is 15.6. The summed E-state index contributed by atoms with van der Waals surface area (Å²) < 4.78 is 0. The topological polar surface area (TPSA) is 52.7 Å². The number of halogens is 1. The van der Waals surface area contributed by atoms with Gasteiger partial charge in [0, 0.05) is 43.5 Å². The van der Waals surface area contributed by atoms with Crippen molar-refractivity contribution in [3.63, 3.8) is 0 Å². The molecule has 1 aliphatic carbocycles. The maximum absolute atomic E-state index is 12.9. The van der Waals surface area contributed by atoms with Crippen molar-refractivity contribution in [3.8, 4) is 0 Å². The molecule has 5 nitrogen and oxygen atoms in total. The zero-order chi connectivity index (χ0) is 18.7. The summed E-state index contributed by atoms with van der Waals surface area (Å²) in [7, 11) is 2.02. The van der Waals surface area contributed by atoms with Gasteiger partial charge in [-0.15, -0.1) is 0 Å². The molecule has 0 saturated heterocycles. The molecule has 2 amide bonds. The quantitative estimate of drug-likeness (QED) is 0.872. The van der Waals surface area contributed by atoms with E-state index in [9.17, 15) is 9.59 Å². The number of benzene rings is 1. The molecule has 1 aromatic carbocycles. The number of fused-ring (bicyclic) bond motifs is 1. The van der Waals surface area contributed by atoms with E-state index in [0.29, 0.717) is 18.0 Å². The number of amides is 2. The molecule has 1 N–H and O–H groups in total. The maximum atomic E-state index is 12.9. The Balaban J connectivity index is 1.62. The van der Waals surface area contributed by atoms with Gasteiger partial charge in [0.25, 0.3) is 0 Å². The molecule has 3 rings (SSSR count). The van der Waals surface area contributed by atoms with Crippen LogP contribution in [0.25, 0.3) is 0 Å². The monoisotopic (exact) mass is 377 g/mol. The minimum Gasteiger partial charge on any atom is -0.371 e. The Morgan fingerprint density at radius 3 is 2.65 bits per heavy atom. The average Bonchev–Trinajstić information content (AvgIpc) is 2.62. The molecule has 0 bridgehead atoms. The minimum absolute atomic E-state index is 0.0260. The van der Waals surface area contributed by atoms with Gasteiger partial charge in [-0.3, -0.25) is 9.59 Å². The number of hydrogen-bond donors (Lipinski definition) is 1. The number of carbonyl (C=O) groups is 2. The van der Waals surface area contributed by atoms with E-state index in [1.807, 2.05) is 32.2 Å². The first kappa shape index (κ1) is 19.0. The van der Waals surface area contributed by atoms with Gasteiger partial charge < -0.3 is 15.1 Å². The van der Waals surface area contributed by atoms with Crippen LogP contribution in [0.2, 0.25) is 5.02 Å². The largest absolute Gasteiger partial charge is 0.371 e. The van der Waals surface area contributed by atoms with Gasteiger partial charge in [-0.25, -0.2) is 0 Å². The Morgan fingerprint density at radius 2 is 1.92 bits per heavy atom. The van der Waals surface area contributed by atoms with Gasteiger partial charge in [0.1, 0.15) is 0 Å². The summed E-state index contributed by atoms with van der Waals surface area (Å²) in [5, 5.41) is 3.66. The number of likely N-dealkylation sites (N-methyl/N-ethyl adjacent to an activating group) is 1. The summed E-state index contributed by atoms with van der Waals surface area (Å²) in [4.78, 5) is 29.2. The van der Waals surface area contributed by atoms with E-state index in [2.05, 4.69) is 10.2 Å². The molecule has 6 heteroatoms. The number of nitrogens with zero attached hydrogens (tertiary/aromatic N) is 2. The second-order valence-electron chi connectivity index (χ2n) is 7.55. The van der Waals surface area contributed by atoms with Crippen LogP contribution >= 0.6 is 11.6 Å². The third-order valence-corrected chi connectivity index (χ3v) is 5.68. The minimum atomic E-state index is -0.167. The van der Waals surface area contributed by atoms with Crippen molar-refractivity contribution in [3.05, 3.63) is 23.2 Å². The lowest BCUT2D eigenvalue weighted by Crippen LogP contribution is -2.46. The first-order valence-corrected chi connectivity index (χ1v) is 9.95. The third kappa shape index (κ3) is 4.32. The highest BCUT2D eigenvalue weighted by Gasteiger charge is 2.28. The molecule has 1 saturated carbocycles. The van der Waals surface area contributed by atoms with Gasteiger partial charge >= 0.3 is 0 Å². The fourth-order valence-electron chi connectivity index (χ4n) is 3.93. The lowest BCUT2D eigenvalue weighted by molar-refractivity contribution is -0.126. The summed E-state index contributed by atoms with van der Waals surface area (Å²) in [5.41, 5.74) is 1.86. The Labute approximate surface area is 160 Å². The van der Waals surface area contributed by atoms with Gasteiger partial charge in [-0.1, -0.05) is 30.9 Å². The molecular formula is C20H28ClN3O2. The Kier molecular flexibility index (Phi) is 6.07. The lowest BCUT2D eigenvalue weighted by atomic mass is 9.88. The maximum Gasteiger partial charge on any atom is 0.229 e. The van der Waals surface area contributed by atoms with E-state index in [1.165, 1.54) is 6.42 Å². The van der Waals surface area contributed by atoms with Crippen LogP contribution in [0.4, 0.5) is 11.4 Å². The molecule has 1 aliphatic heterocycles. The van der Waals surface area contributed by atoms with Gasteiger partial charge in [-0.05, 0) is 38.0 Å². The average molecular weight is 378 g/mol. The molecule has 0 radical (unpaired) electrons.